The molecule has 1 aliphatic heterocycles. The number of aryl methyl sites for hydroxylation is 1. The molecule has 1 aliphatic rings. The SMILES string of the molecule is O=C(CCc1ccccc1)OCn1c(=O)ccc2ccc(OCCCCN3CCN(c4cccc(Cl)c4Cl)CC3)cc21. The van der Waals surface area contributed by atoms with Crippen molar-refractivity contribution in [1.82, 2.24) is 9.47 Å². The largest absolute Gasteiger partial charge is 0.494 e. The van der Waals surface area contributed by atoms with Crippen LogP contribution < -0.4 is 15.2 Å². The number of ether oxygens (including phenoxy) is 2. The molecule has 1 aromatic heterocycles. The van der Waals surface area contributed by atoms with Crippen molar-refractivity contribution in [1.29, 1.82) is 0 Å². The fraction of sp³-hybridized carbons (Fsp3) is 0.333. The molecule has 42 heavy (non-hydrogen) atoms. The van der Waals surface area contributed by atoms with Gasteiger partial charge in [0.2, 0.25) is 0 Å². The number of benzene rings is 3. The summed E-state index contributed by atoms with van der Waals surface area (Å²) < 4.78 is 13.0. The number of anilines is 1. The Balaban J connectivity index is 1.07. The predicted octanol–water partition coefficient (Wildman–Crippen LogP) is 6.42. The second-order valence-electron chi connectivity index (χ2n) is 10.4. The molecule has 0 N–H and O–H groups in total. The third-order valence-corrected chi connectivity index (χ3v) is 8.37. The van der Waals surface area contributed by atoms with Crippen LogP contribution in [0.15, 0.2) is 83.7 Å². The number of piperazine rings is 1. The zero-order chi connectivity index (χ0) is 29.3. The van der Waals surface area contributed by atoms with Crippen molar-refractivity contribution in [2.45, 2.75) is 32.4 Å². The molecular weight excluding hydrogens is 573 g/mol. The highest BCUT2D eigenvalue weighted by Gasteiger charge is 2.19. The van der Waals surface area contributed by atoms with Gasteiger partial charge in [0.1, 0.15) is 5.75 Å². The molecule has 0 spiro atoms. The van der Waals surface area contributed by atoms with Crippen LogP contribution in [0.2, 0.25) is 10.0 Å². The van der Waals surface area contributed by atoms with E-state index in [1.807, 2.05) is 66.7 Å². The first kappa shape index (κ1) is 30.0. The standard InChI is InChI=1S/C33H35Cl2N3O4/c34-28-9-6-10-29(33(28)35)37-20-18-36(19-21-37)17-4-5-22-41-27-14-12-26-13-15-31(39)38(30(26)23-27)24-42-32(40)16-11-25-7-2-1-3-8-25/h1-3,6-10,12-15,23H,4-5,11,16-22,24H2. The summed E-state index contributed by atoms with van der Waals surface area (Å²) in [6, 6.07) is 24.5. The second kappa shape index (κ2) is 14.6. The van der Waals surface area contributed by atoms with Gasteiger partial charge in [0, 0.05) is 44.7 Å². The van der Waals surface area contributed by atoms with Gasteiger partial charge >= 0.3 is 5.97 Å². The van der Waals surface area contributed by atoms with E-state index in [0.717, 1.165) is 62.2 Å². The van der Waals surface area contributed by atoms with Crippen LogP contribution in [0.1, 0.15) is 24.8 Å². The van der Waals surface area contributed by atoms with E-state index in [9.17, 15) is 9.59 Å². The highest BCUT2D eigenvalue weighted by molar-refractivity contribution is 6.43. The lowest BCUT2D eigenvalue weighted by Gasteiger charge is -2.36. The van der Waals surface area contributed by atoms with Crippen LogP contribution in [-0.2, 0) is 22.7 Å². The molecule has 1 fully saturated rings. The van der Waals surface area contributed by atoms with Crippen LogP contribution >= 0.6 is 23.2 Å². The second-order valence-corrected chi connectivity index (χ2v) is 11.2. The molecule has 0 atom stereocenters. The van der Waals surface area contributed by atoms with Gasteiger partial charge in [0.05, 0.1) is 27.9 Å². The summed E-state index contributed by atoms with van der Waals surface area (Å²) in [7, 11) is 0. The molecule has 0 unspecified atom stereocenters. The summed E-state index contributed by atoms with van der Waals surface area (Å²) in [5.74, 6) is 0.342. The number of unbranched alkanes of at least 4 members (excludes halogenated alkanes) is 1. The molecule has 0 bridgehead atoms. The number of aromatic nitrogens is 1. The third-order valence-electron chi connectivity index (χ3n) is 7.56. The fourth-order valence-electron chi connectivity index (χ4n) is 5.17. The van der Waals surface area contributed by atoms with Gasteiger partial charge in [0.25, 0.3) is 5.56 Å². The van der Waals surface area contributed by atoms with E-state index in [1.165, 1.54) is 10.6 Å². The van der Waals surface area contributed by atoms with Crippen molar-refractivity contribution in [3.8, 4) is 5.75 Å². The lowest BCUT2D eigenvalue weighted by molar-refractivity contribution is -0.147. The molecule has 1 saturated heterocycles. The van der Waals surface area contributed by atoms with Gasteiger partial charge in [-0.3, -0.25) is 19.1 Å². The number of hydrogen-bond acceptors (Lipinski definition) is 6. The monoisotopic (exact) mass is 607 g/mol. The normalized spacial score (nSPS) is 13.8. The van der Waals surface area contributed by atoms with E-state index in [0.29, 0.717) is 34.3 Å². The molecule has 4 aromatic rings. The van der Waals surface area contributed by atoms with E-state index in [1.54, 1.807) is 6.07 Å². The van der Waals surface area contributed by atoms with E-state index in [2.05, 4.69) is 9.80 Å². The summed E-state index contributed by atoms with van der Waals surface area (Å²) in [5, 5.41) is 2.08. The van der Waals surface area contributed by atoms with Gasteiger partial charge in [0.15, 0.2) is 6.73 Å². The number of pyridine rings is 1. The Hall–Kier alpha value is -3.52. The van der Waals surface area contributed by atoms with Gasteiger partial charge < -0.3 is 14.4 Å². The van der Waals surface area contributed by atoms with E-state index in [-0.39, 0.29) is 24.7 Å². The molecule has 9 heteroatoms. The quantitative estimate of drug-likeness (QED) is 0.137. The molecule has 0 saturated carbocycles. The average Bonchev–Trinajstić information content (AvgIpc) is 3.01. The minimum absolute atomic E-state index is 0.135. The minimum atomic E-state index is -0.343. The van der Waals surface area contributed by atoms with Crippen LogP contribution in [0, 0.1) is 0 Å². The number of hydrogen-bond donors (Lipinski definition) is 0. The van der Waals surface area contributed by atoms with Crippen molar-refractivity contribution in [3.63, 3.8) is 0 Å². The number of esters is 1. The van der Waals surface area contributed by atoms with Crippen LogP contribution in [0.25, 0.3) is 10.9 Å². The third kappa shape index (κ3) is 7.85. The minimum Gasteiger partial charge on any atom is -0.494 e. The number of nitrogens with zero attached hydrogens (tertiary/aromatic N) is 3. The van der Waals surface area contributed by atoms with Crippen LogP contribution in [0.5, 0.6) is 5.75 Å². The van der Waals surface area contributed by atoms with E-state index in [4.69, 9.17) is 32.7 Å². The Morgan fingerprint density at radius 1 is 0.857 bits per heavy atom. The summed E-state index contributed by atoms with van der Waals surface area (Å²) >= 11 is 12.6. The topological polar surface area (TPSA) is 64.0 Å². The van der Waals surface area contributed by atoms with Gasteiger partial charge in [-0.1, -0.05) is 59.6 Å². The molecule has 0 amide bonds. The molecule has 7 nitrogen and oxygen atoms in total. The number of carbonyl (C=O) groups excluding carboxylic acids is 1. The molecule has 3 aromatic carbocycles. The van der Waals surface area contributed by atoms with Gasteiger partial charge in [-0.15, -0.1) is 0 Å². The van der Waals surface area contributed by atoms with E-state index >= 15 is 0 Å². The maximum absolute atomic E-state index is 12.6. The first-order valence-electron chi connectivity index (χ1n) is 14.4. The maximum Gasteiger partial charge on any atom is 0.307 e. The van der Waals surface area contributed by atoms with E-state index < -0.39 is 0 Å². The number of halogens is 2. The Morgan fingerprint density at radius 3 is 2.45 bits per heavy atom. The molecule has 0 aliphatic carbocycles. The average molecular weight is 609 g/mol. The van der Waals surface area contributed by atoms with Gasteiger partial charge in [-0.2, -0.15) is 0 Å². The Morgan fingerprint density at radius 2 is 1.64 bits per heavy atom. The molecule has 5 rings (SSSR count). The Bertz CT molecular complexity index is 1550. The number of fused-ring (bicyclic) bond motifs is 1. The maximum atomic E-state index is 12.6. The highest BCUT2D eigenvalue weighted by atomic mass is 35.5. The Labute approximate surface area is 256 Å². The van der Waals surface area contributed by atoms with Crippen molar-refractivity contribution in [3.05, 3.63) is 105 Å². The fourth-order valence-corrected chi connectivity index (χ4v) is 5.58. The molecule has 220 valence electrons. The van der Waals surface area contributed by atoms with Crippen molar-refractivity contribution < 1.29 is 14.3 Å². The molecule has 2 heterocycles. The van der Waals surface area contributed by atoms with Crippen LogP contribution in [-0.4, -0.2) is 54.8 Å². The number of rotatable bonds is 12. The first-order chi connectivity index (χ1) is 20.5. The van der Waals surface area contributed by atoms with Crippen molar-refractivity contribution in [2.75, 3.05) is 44.2 Å². The van der Waals surface area contributed by atoms with Crippen LogP contribution in [0.3, 0.4) is 0 Å². The summed E-state index contributed by atoms with van der Waals surface area (Å²) in [6.07, 6.45) is 2.79. The summed E-state index contributed by atoms with van der Waals surface area (Å²) in [4.78, 5) is 29.7. The Kier molecular flexibility index (Phi) is 10.4. The van der Waals surface area contributed by atoms with Gasteiger partial charge in [-0.05, 0) is 67.1 Å². The zero-order valence-electron chi connectivity index (χ0n) is 23.5. The van der Waals surface area contributed by atoms with Crippen LogP contribution in [0.4, 0.5) is 5.69 Å². The lowest BCUT2D eigenvalue weighted by atomic mass is 10.1. The van der Waals surface area contributed by atoms with Crippen molar-refractivity contribution >= 4 is 45.8 Å². The zero-order valence-corrected chi connectivity index (χ0v) is 25.0. The lowest BCUT2D eigenvalue weighted by Crippen LogP contribution is -2.46. The number of carbonyl (C=O) groups is 1. The molecular formula is C33H35Cl2N3O4. The highest BCUT2D eigenvalue weighted by Crippen LogP contribution is 2.33. The predicted molar refractivity (Wildman–Crippen MR) is 169 cm³/mol. The van der Waals surface area contributed by atoms with Crippen molar-refractivity contribution in [2.24, 2.45) is 0 Å². The summed E-state index contributed by atoms with van der Waals surface area (Å²) in [5.41, 5.74) is 2.52. The summed E-state index contributed by atoms with van der Waals surface area (Å²) in [6.45, 7) is 5.23. The van der Waals surface area contributed by atoms with Gasteiger partial charge in [-0.25, -0.2) is 0 Å². The molecule has 0 radical (unpaired) electrons. The first-order valence-corrected chi connectivity index (χ1v) is 15.1. The smallest absolute Gasteiger partial charge is 0.307 e.